The molecule has 0 bridgehead atoms. The lowest BCUT2D eigenvalue weighted by Gasteiger charge is -2.02. The number of aliphatic imine (C=N–C) groups is 1. The molecule has 0 unspecified atom stereocenters. The molecule has 2 aromatic carbocycles. The Bertz CT molecular complexity index is 777. The van der Waals surface area contributed by atoms with Gasteiger partial charge in [-0.25, -0.2) is 14.2 Å². The molecule has 3 rings (SSSR count). The monoisotopic (exact) mass is 311 g/mol. The molecule has 0 fully saturated rings. The zero-order chi connectivity index (χ0) is 16.2. The summed E-state index contributed by atoms with van der Waals surface area (Å²) in [4.78, 5) is 16.1. The second kappa shape index (κ2) is 6.44. The van der Waals surface area contributed by atoms with E-state index >= 15 is 0 Å². The SMILES string of the molecule is CCOc1ccc(/C=C2\N=C(c3ccc(F)cc3)OC2=O)cc1. The first-order chi connectivity index (χ1) is 11.2. The fourth-order valence-electron chi connectivity index (χ4n) is 2.11. The van der Waals surface area contributed by atoms with E-state index in [0.29, 0.717) is 12.2 Å². The molecule has 1 aliphatic rings. The highest BCUT2D eigenvalue weighted by atomic mass is 19.1. The summed E-state index contributed by atoms with van der Waals surface area (Å²) in [5, 5.41) is 0. The topological polar surface area (TPSA) is 47.9 Å². The number of nitrogens with zero attached hydrogens (tertiary/aromatic N) is 1. The summed E-state index contributed by atoms with van der Waals surface area (Å²) in [6.45, 7) is 2.51. The highest BCUT2D eigenvalue weighted by Gasteiger charge is 2.24. The third-order valence-electron chi connectivity index (χ3n) is 3.21. The van der Waals surface area contributed by atoms with E-state index < -0.39 is 5.97 Å². The van der Waals surface area contributed by atoms with Crippen molar-refractivity contribution in [2.24, 2.45) is 4.99 Å². The quantitative estimate of drug-likeness (QED) is 0.640. The van der Waals surface area contributed by atoms with E-state index in [4.69, 9.17) is 9.47 Å². The molecule has 1 aliphatic heterocycles. The van der Waals surface area contributed by atoms with E-state index in [1.807, 2.05) is 31.2 Å². The van der Waals surface area contributed by atoms with Crippen molar-refractivity contribution >= 4 is 17.9 Å². The van der Waals surface area contributed by atoms with Gasteiger partial charge in [0, 0.05) is 5.56 Å². The van der Waals surface area contributed by atoms with Crippen molar-refractivity contribution in [1.82, 2.24) is 0 Å². The lowest BCUT2D eigenvalue weighted by Crippen LogP contribution is -2.05. The maximum Gasteiger partial charge on any atom is 0.363 e. The Morgan fingerprint density at radius 1 is 1.13 bits per heavy atom. The Hall–Kier alpha value is -2.95. The summed E-state index contributed by atoms with van der Waals surface area (Å²) in [6, 6.07) is 12.9. The van der Waals surface area contributed by atoms with Gasteiger partial charge in [0.15, 0.2) is 5.70 Å². The first-order valence-corrected chi connectivity index (χ1v) is 7.17. The largest absolute Gasteiger partial charge is 0.494 e. The number of carbonyl (C=O) groups is 1. The Labute approximate surface area is 132 Å². The minimum Gasteiger partial charge on any atom is -0.494 e. The van der Waals surface area contributed by atoms with Crippen molar-refractivity contribution in [2.45, 2.75) is 6.92 Å². The fourth-order valence-corrected chi connectivity index (χ4v) is 2.11. The molecule has 1 heterocycles. The van der Waals surface area contributed by atoms with Crippen LogP contribution < -0.4 is 4.74 Å². The van der Waals surface area contributed by atoms with Gasteiger partial charge in [0.2, 0.25) is 5.90 Å². The third kappa shape index (κ3) is 3.45. The Morgan fingerprint density at radius 2 is 1.83 bits per heavy atom. The molecule has 0 saturated carbocycles. The van der Waals surface area contributed by atoms with Crippen LogP contribution in [0, 0.1) is 5.82 Å². The normalized spacial score (nSPS) is 15.5. The highest BCUT2D eigenvalue weighted by Crippen LogP contribution is 2.20. The molecule has 0 atom stereocenters. The lowest BCUT2D eigenvalue weighted by molar-refractivity contribution is -0.129. The van der Waals surface area contributed by atoms with Crippen molar-refractivity contribution in [3.63, 3.8) is 0 Å². The fraction of sp³-hybridized carbons (Fsp3) is 0.111. The van der Waals surface area contributed by atoms with Gasteiger partial charge in [-0.15, -0.1) is 0 Å². The average molecular weight is 311 g/mol. The van der Waals surface area contributed by atoms with Gasteiger partial charge in [0.05, 0.1) is 6.61 Å². The average Bonchev–Trinajstić information content (AvgIpc) is 2.91. The van der Waals surface area contributed by atoms with Gasteiger partial charge in [-0.05, 0) is 55.0 Å². The number of halogens is 1. The molecule has 0 amide bonds. The second-order valence-electron chi connectivity index (χ2n) is 4.84. The molecule has 5 heteroatoms. The van der Waals surface area contributed by atoms with Gasteiger partial charge in [-0.1, -0.05) is 12.1 Å². The van der Waals surface area contributed by atoms with E-state index in [-0.39, 0.29) is 17.4 Å². The van der Waals surface area contributed by atoms with E-state index in [1.54, 1.807) is 6.08 Å². The molecule has 0 aromatic heterocycles. The van der Waals surface area contributed by atoms with Gasteiger partial charge >= 0.3 is 5.97 Å². The van der Waals surface area contributed by atoms with E-state index in [9.17, 15) is 9.18 Å². The van der Waals surface area contributed by atoms with Crippen LogP contribution in [0.1, 0.15) is 18.1 Å². The van der Waals surface area contributed by atoms with Crippen LogP contribution in [0.25, 0.3) is 6.08 Å². The smallest absolute Gasteiger partial charge is 0.363 e. The van der Waals surface area contributed by atoms with Crippen LogP contribution in [0.3, 0.4) is 0 Å². The minimum atomic E-state index is -0.529. The molecule has 0 N–H and O–H groups in total. The van der Waals surface area contributed by atoms with Crippen LogP contribution >= 0.6 is 0 Å². The molecule has 4 nitrogen and oxygen atoms in total. The van der Waals surface area contributed by atoms with Crippen LogP contribution in [0.2, 0.25) is 0 Å². The molecule has 0 radical (unpaired) electrons. The molecule has 0 saturated heterocycles. The summed E-state index contributed by atoms with van der Waals surface area (Å²) in [7, 11) is 0. The van der Waals surface area contributed by atoms with Gasteiger partial charge in [-0.2, -0.15) is 0 Å². The Balaban J connectivity index is 1.84. The molecule has 23 heavy (non-hydrogen) atoms. The van der Waals surface area contributed by atoms with Gasteiger partial charge in [-0.3, -0.25) is 0 Å². The van der Waals surface area contributed by atoms with Crippen molar-refractivity contribution in [3.8, 4) is 5.75 Å². The standard InChI is InChI=1S/C18H14FNO3/c1-2-22-15-9-3-12(4-10-15)11-16-18(21)23-17(20-16)13-5-7-14(19)8-6-13/h3-11H,2H2,1H3/b16-11-. The van der Waals surface area contributed by atoms with Crippen molar-refractivity contribution in [2.75, 3.05) is 6.61 Å². The van der Waals surface area contributed by atoms with Gasteiger partial charge in [0.1, 0.15) is 11.6 Å². The summed E-state index contributed by atoms with van der Waals surface area (Å²) < 4.78 is 23.4. The van der Waals surface area contributed by atoms with Crippen molar-refractivity contribution in [1.29, 1.82) is 0 Å². The zero-order valence-corrected chi connectivity index (χ0v) is 12.5. The maximum absolute atomic E-state index is 12.9. The summed E-state index contributed by atoms with van der Waals surface area (Å²) in [5.41, 5.74) is 1.56. The number of ether oxygens (including phenoxy) is 2. The van der Waals surface area contributed by atoms with E-state index in [1.165, 1.54) is 24.3 Å². The van der Waals surface area contributed by atoms with Crippen molar-refractivity contribution < 1.29 is 18.7 Å². The van der Waals surface area contributed by atoms with E-state index in [2.05, 4.69) is 4.99 Å². The highest BCUT2D eigenvalue weighted by molar-refractivity contribution is 6.12. The molecule has 0 aliphatic carbocycles. The third-order valence-corrected chi connectivity index (χ3v) is 3.21. The molecule has 2 aromatic rings. The summed E-state index contributed by atoms with van der Waals surface area (Å²) in [6.07, 6.45) is 1.63. The first kappa shape index (κ1) is 15.0. The second-order valence-corrected chi connectivity index (χ2v) is 4.84. The zero-order valence-electron chi connectivity index (χ0n) is 12.5. The van der Waals surface area contributed by atoms with Crippen LogP contribution in [-0.2, 0) is 9.53 Å². The lowest BCUT2D eigenvalue weighted by atomic mass is 10.2. The number of esters is 1. The Morgan fingerprint density at radius 3 is 2.48 bits per heavy atom. The van der Waals surface area contributed by atoms with Gasteiger partial charge < -0.3 is 9.47 Å². The Kier molecular flexibility index (Phi) is 4.19. The number of rotatable bonds is 4. The number of carbonyl (C=O) groups excluding carboxylic acids is 1. The van der Waals surface area contributed by atoms with Crippen LogP contribution in [0.5, 0.6) is 5.75 Å². The van der Waals surface area contributed by atoms with Crippen LogP contribution in [-0.4, -0.2) is 18.5 Å². The number of benzene rings is 2. The van der Waals surface area contributed by atoms with Crippen LogP contribution in [0.15, 0.2) is 59.2 Å². The predicted octanol–water partition coefficient (Wildman–Crippen LogP) is 3.57. The van der Waals surface area contributed by atoms with E-state index in [0.717, 1.165) is 11.3 Å². The van der Waals surface area contributed by atoms with Crippen LogP contribution in [0.4, 0.5) is 4.39 Å². The first-order valence-electron chi connectivity index (χ1n) is 7.17. The summed E-state index contributed by atoms with van der Waals surface area (Å²) >= 11 is 0. The van der Waals surface area contributed by atoms with Gasteiger partial charge in [0.25, 0.3) is 0 Å². The number of hydrogen-bond acceptors (Lipinski definition) is 4. The molecule has 116 valence electrons. The molecular weight excluding hydrogens is 297 g/mol. The number of cyclic esters (lactones) is 1. The number of hydrogen-bond donors (Lipinski definition) is 0. The predicted molar refractivity (Wildman–Crippen MR) is 84.6 cm³/mol. The maximum atomic E-state index is 12.9. The van der Waals surface area contributed by atoms with Crippen molar-refractivity contribution in [3.05, 3.63) is 71.2 Å². The molecule has 0 spiro atoms. The molecular formula is C18H14FNO3. The minimum absolute atomic E-state index is 0.173. The summed E-state index contributed by atoms with van der Waals surface area (Å²) in [5.74, 6) is 0.0494.